The lowest BCUT2D eigenvalue weighted by Crippen LogP contribution is -1.93. The van der Waals surface area contributed by atoms with Crippen molar-refractivity contribution in [1.29, 1.82) is 0 Å². The molecule has 0 aromatic heterocycles. The van der Waals surface area contributed by atoms with Crippen molar-refractivity contribution in [2.24, 2.45) is 0 Å². The highest BCUT2D eigenvalue weighted by Crippen LogP contribution is 2.34. The van der Waals surface area contributed by atoms with Crippen LogP contribution >= 0.6 is 0 Å². The normalized spacial score (nSPS) is 14.5. The van der Waals surface area contributed by atoms with Gasteiger partial charge < -0.3 is 9.47 Å². The number of ether oxygens (including phenoxy) is 2. The molecule has 0 fully saturated rings. The minimum Gasteiger partial charge on any atom is -0.454 e. The van der Waals surface area contributed by atoms with Gasteiger partial charge in [-0.15, -0.1) is 0 Å². The zero-order valence-corrected chi connectivity index (χ0v) is 10.7. The highest BCUT2D eigenvalue weighted by molar-refractivity contribution is 7.85. The predicted molar refractivity (Wildman–Crippen MR) is 68.4 cm³/mol. The van der Waals surface area contributed by atoms with Gasteiger partial charge in [-0.2, -0.15) is 0 Å². The maximum atomic E-state index is 12.4. The summed E-state index contributed by atoms with van der Waals surface area (Å²) in [4.78, 5) is 1.52. The molecule has 0 bridgehead atoms. The standard InChI is InChI=1S/C14H12O3S/c1-10-2-4-11(5-3-10)18(15)12-6-7-13-14(8-12)17-9-16-13/h2-8H,9H2,1H3/t18-/m0/s1. The van der Waals surface area contributed by atoms with E-state index in [0.29, 0.717) is 11.5 Å². The molecule has 1 aliphatic rings. The van der Waals surface area contributed by atoms with Gasteiger partial charge >= 0.3 is 0 Å². The Kier molecular flexibility index (Phi) is 2.80. The molecule has 0 N–H and O–H groups in total. The van der Waals surface area contributed by atoms with Crippen LogP contribution in [0.15, 0.2) is 52.3 Å². The molecule has 1 aliphatic heterocycles. The molecule has 2 aromatic carbocycles. The van der Waals surface area contributed by atoms with Crippen LogP contribution in [0, 0.1) is 6.92 Å². The molecule has 3 rings (SSSR count). The highest BCUT2D eigenvalue weighted by Gasteiger charge is 2.16. The van der Waals surface area contributed by atoms with Gasteiger partial charge in [0.1, 0.15) is 0 Å². The summed E-state index contributed by atoms with van der Waals surface area (Å²) in [7, 11) is -1.18. The van der Waals surface area contributed by atoms with Crippen molar-refractivity contribution in [2.75, 3.05) is 6.79 Å². The van der Waals surface area contributed by atoms with Gasteiger partial charge in [0.25, 0.3) is 0 Å². The molecule has 92 valence electrons. The van der Waals surface area contributed by atoms with E-state index in [9.17, 15) is 4.21 Å². The van der Waals surface area contributed by atoms with Crippen LogP contribution in [0.3, 0.4) is 0 Å². The van der Waals surface area contributed by atoms with Gasteiger partial charge in [-0.1, -0.05) is 17.7 Å². The zero-order valence-electron chi connectivity index (χ0n) is 9.88. The molecule has 2 aromatic rings. The first-order valence-electron chi connectivity index (χ1n) is 5.62. The number of benzene rings is 2. The van der Waals surface area contributed by atoms with Crippen LogP contribution in [0.4, 0.5) is 0 Å². The Morgan fingerprint density at radius 2 is 1.61 bits per heavy atom. The van der Waals surface area contributed by atoms with E-state index in [1.807, 2.05) is 37.3 Å². The quantitative estimate of drug-likeness (QED) is 0.833. The second kappa shape index (κ2) is 4.46. The predicted octanol–water partition coefficient (Wildman–Crippen LogP) is 2.89. The summed E-state index contributed by atoms with van der Waals surface area (Å²) >= 11 is 0. The third-order valence-electron chi connectivity index (χ3n) is 2.79. The molecule has 0 unspecified atom stereocenters. The van der Waals surface area contributed by atoms with Gasteiger partial charge in [-0.05, 0) is 31.2 Å². The Bertz CT molecular complexity index is 605. The van der Waals surface area contributed by atoms with Gasteiger partial charge in [0, 0.05) is 15.9 Å². The van der Waals surface area contributed by atoms with Crippen molar-refractivity contribution in [3.63, 3.8) is 0 Å². The minimum absolute atomic E-state index is 0.232. The summed E-state index contributed by atoms with van der Waals surface area (Å²) in [5.74, 6) is 1.37. The molecule has 0 saturated carbocycles. The van der Waals surface area contributed by atoms with E-state index in [1.54, 1.807) is 12.1 Å². The first-order valence-corrected chi connectivity index (χ1v) is 6.77. The van der Waals surface area contributed by atoms with E-state index in [2.05, 4.69) is 0 Å². The van der Waals surface area contributed by atoms with E-state index < -0.39 is 10.8 Å². The Morgan fingerprint density at radius 1 is 0.944 bits per heavy atom. The van der Waals surface area contributed by atoms with Crippen molar-refractivity contribution in [2.45, 2.75) is 16.7 Å². The minimum atomic E-state index is -1.18. The average Bonchev–Trinajstić information content (AvgIpc) is 2.86. The molecule has 0 spiro atoms. The molecular weight excluding hydrogens is 248 g/mol. The summed E-state index contributed by atoms with van der Waals surface area (Å²) in [6.45, 7) is 2.24. The molecule has 1 atom stereocenters. The van der Waals surface area contributed by atoms with Crippen LogP contribution in [-0.4, -0.2) is 11.0 Å². The largest absolute Gasteiger partial charge is 0.454 e. The van der Waals surface area contributed by atoms with Crippen molar-refractivity contribution in [3.8, 4) is 11.5 Å². The summed E-state index contributed by atoms with van der Waals surface area (Å²) in [5, 5.41) is 0. The number of fused-ring (bicyclic) bond motifs is 1. The molecule has 4 heteroatoms. The lowest BCUT2D eigenvalue weighted by molar-refractivity contribution is 0.174. The number of aryl methyl sites for hydroxylation is 1. The van der Waals surface area contributed by atoms with Gasteiger partial charge in [0.05, 0.1) is 10.8 Å². The molecule has 0 radical (unpaired) electrons. The monoisotopic (exact) mass is 260 g/mol. The zero-order chi connectivity index (χ0) is 12.5. The maximum Gasteiger partial charge on any atom is 0.231 e. The molecule has 3 nitrogen and oxygen atoms in total. The number of hydrogen-bond donors (Lipinski definition) is 0. The fraction of sp³-hybridized carbons (Fsp3) is 0.143. The summed E-state index contributed by atoms with van der Waals surface area (Å²) in [5.41, 5.74) is 1.15. The van der Waals surface area contributed by atoms with E-state index in [-0.39, 0.29) is 6.79 Å². The van der Waals surface area contributed by atoms with Crippen LogP contribution < -0.4 is 9.47 Å². The summed E-state index contributed by atoms with van der Waals surface area (Å²) in [6, 6.07) is 13.1. The van der Waals surface area contributed by atoms with Crippen molar-refractivity contribution >= 4 is 10.8 Å². The van der Waals surface area contributed by atoms with Gasteiger partial charge in [-0.3, -0.25) is 0 Å². The van der Waals surface area contributed by atoms with Crippen molar-refractivity contribution < 1.29 is 13.7 Å². The lowest BCUT2D eigenvalue weighted by Gasteiger charge is -2.04. The smallest absolute Gasteiger partial charge is 0.231 e. The van der Waals surface area contributed by atoms with Gasteiger partial charge in [-0.25, -0.2) is 4.21 Å². The van der Waals surface area contributed by atoms with Crippen molar-refractivity contribution in [3.05, 3.63) is 48.0 Å². The van der Waals surface area contributed by atoms with Crippen molar-refractivity contribution in [1.82, 2.24) is 0 Å². The average molecular weight is 260 g/mol. The number of hydrogen-bond acceptors (Lipinski definition) is 3. The first-order chi connectivity index (χ1) is 8.74. The SMILES string of the molecule is Cc1ccc([S@](=O)c2ccc3c(c2)OCO3)cc1. The third kappa shape index (κ3) is 1.99. The Hall–Kier alpha value is -1.81. The Morgan fingerprint density at radius 3 is 2.39 bits per heavy atom. The fourth-order valence-corrected chi connectivity index (χ4v) is 2.85. The van der Waals surface area contributed by atoms with E-state index in [0.717, 1.165) is 15.4 Å². The molecule has 0 aliphatic carbocycles. The van der Waals surface area contributed by atoms with E-state index in [4.69, 9.17) is 9.47 Å². The molecule has 0 amide bonds. The van der Waals surface area contributed by atoms with E-state index in [1.165, 1.54) is 0 Å². The van der Waals surface area contributed by atoms with E-state index >= 15 is 0 Å². The molecule has 1 heterocycles. The summed E-state index contributed by atoms with van der Waals surface area (Å²) in [6.07, 6.45) is 0. The Balaban J connectivity index is 1.95. The highest BCUT2D eigenvalue weighted by atomic mass is 32.2. The second-order valence-corrected chi connectivity index (χ2v) is 5.58. The van der Waals surface area contributed by atoms with Gasteiger partial charge in [0.2, 0.25) is 6.79 Å². The van der Waals surface area contributed by atoms with Crippen LogP contribution in [0.25, 0.3) is 0 Å². The second-order valence-electron chi connectivity index (χ2n) is 4.10. The van der Waals surface area contributed by atoms with Crippen LogP contribution in [0.2, 0.25) is 0 Å². The fourth-order valence-electron chi connectivity index (χ4n) is 1.79. The number of rotatable bonds is 2. The summed E-state index contributed by atoms with van der Waals surface area (Å²) < 4.78 is 22.9. The molecular formula is C14H12O3S. The third-order valence-corrected chi connectivity index (χ3v) is 4.18. The maximum absolute atomic E-state index is 12.4. The van der Waals surface area contributed by atoms with Gasteiger partial charge in [0.15, 0.2) is 11.5 Å². The van der Waals surface area contributed by atoms with Crippen LogP contribution in [0.5, 0.6) is 11.5 Å². The molecule has 0 saturated heterocycles. The lowest BCUT2D eigenvalue weighted by atomic mass is 10.2. The van der Waals surface area contributed by atoms with Crippen LogP contribution in [0.1, 0.15) is 5.56 Å². The van der Waals surface area contributed by atoms with Crippen LogP contribution in [-0.2, 0) is 10.8 Å². The molecule has 18 heavy (non-hydrogen) atoms. The topological polar surface area (TPSA) is 35.5 Å². The Labute approximate surface area is 108 Å². The first kappa shape index (κ1) is 11.3.